The van der Waals surface area contributed by atoms with E-state index in [1.165, 1.54) is 0 Å². The SMILES string of the molecule is Cc1ccc(CCNCC(C)(C)CO)o1. The van der Waals surface area contributed by atoms with Gasteiger partial charge in [-0.2, -0.15) is 0 Å². The molecule has 2 N–H and O–H groups in total. The molecule has 0 aliphatic rings. The van der Waals surface area contributed by atoms with Gasteiger partial charge in [0, 0.05) is 31.5 Å². The minimum atomic E-state index is -0.0426. The third-order valence-corrected chi connectivity index (χ3v) is 2.38. The molecule has 15 heavy (non-hydrogen) atoms. The van der Waals surface area contributed by atoms with E-state index in [2.05, 4.69) is 5.32 Å². The lowest BCUT2D eigenvalue weighted by Gasteiger charge is -2.21. The van der Waals surface area contributed by atoms with Crippen molar-refractivity contribution >= 4 is 0 Å². The number of furan rings is 1. The smallest absolute Gasteiger partial charge is 0.105 e. The van der Waals surface area contributed by atoms with Crippen molar-refractivity contribution in [3.05, 3.63) is 23.7 Å². The average molecular weight is 211 g/mol. The largest absolute Gasteiger partial charge is 0.466 e. The number of rotatable bonds is 6. The predicted octanol–water partition coefficient (Wildman–Crippen LogP) is 1.74. The molecule has 0 aromatic carbocycles. The Bertz CT molecular complexity index is 292. The molecule has 0 bridgehead atoms. The summed E-state index contributed by atoms with van der Waals surface area (Å²) in [5.74, 6) is 1.97. The molecule has 1 aromatic heterocycles. The van der Waals surface area contributed by atoms with Gasteiger partial charge in [0.2, 0.25) is 0 Å². The Hall–Kier alpha value is -0.800. The van der Waals surface area contributed by atoms with Crippen LogP contribution in [0.4, 0.5) is 0 Å². The van der Waals surface area contributed by atoms with E-state index in [4.69, 9.17) is 9.52 Å². The highest BCUT2D eigenvalue weighted by atomic mass is 16.3. The van der Waals surface area contributed by atoms with E-state index in [1.54, 1.807) is 0 Å². The molecule has 0 atom stereocenters. The van der Waals surface area contributed by atoms with Crippen LogP contribution in [-0.2, 0) is 6.42 Å². The van der Waals surface area contributed by atoms with Crippen LogP contribution in [0, 0.1) is 12.3 Å². The molecular weight excluding hydrogens is 190 g/mol. The van der Waals surface area contributed by atoms with E-state index in [9.17, 15) is 0 Å². The van der Waals surface area contributed by atoms with E-state index in [-0.39, 0.29) is 12.0 Å². The highest BCUT2D eigenvalue weighted by molar-refractivity contribution is 5.05. The lowest BCUT2D eigenvalue weighted by molar-refractivity contribution is 0.157. The van der Waals surface area contributed by atoms with E-state index >= 15 is 0 Å². The number of nitrogens with one attached hydrogen (secondary N) is 1. The molecule has 3 nitrogen and oxygen atoms in total. The minimum absolute atomic E-state index is 0.0426. The van der Waals surface area contributed by atoms with Gasteiger partial charge < -0.3 is 14.8 Å². The van der Waals surface area contributed by atoms with Crippen LogP contribution >= 0.6 is 0 Å². The Kier molecular flexibility index (Phi) is 4.36. The topological polar surface area (TPSA) is 45.4 Å². The number of aliphatic hydroxyl groups excluding tert-OH is 1. The van der Waals surface area contributed by atoms with Crippen LogP contribution < -0.4 is 5.32 Å². The van der Waals surface area contributed by atoms with Crippen LogP contribution in [0.3, 0.4) is 0 Å². The number of aliphatic hydroxyl groups is 1. The van der Waals surface area contributed by atoms with Crippen molar-refractivity contribution in [1.29, 1.82) is 0 Å². The van der Waals surface area contributed by atoms with Gasteiger partial charge in [-0.25, -0.2) is 0 Å². The van der Waals surface area contributed by atoms with Crippen molar-refractivity contribution in [2.24, 2.45) is 5.41 Å². The van der Waals surface area contributed by atoms with Gasteiger partial charge in [-0.05, 0) is 19.1 Å². The summed E-state index contributed by atoms with van der Waals surface area (Å²) >= 11 is 0. The zero-order valence-corrected chi connectivity index (χ0v) is 9.84. The maximum Gasteiger partial charge on any atom is 0.105 e. The predicted molar refractivity (Wildman–Crippen MR) is 60.9 cm³/mol. The first-order chi connectivity index (χ1) is 7.03. The highest BCUT2D eigenvalue weighted by Crippen LogP contribution is 2.11. The normalized spacial score (nSPS) is 12.0. The summed E-state index contributed by atoms with van der Waals surface area (Å²) < 4.78 is 5.45. The Morgan fingerprint density at radius 3 is 2.67 bits per heavy atom. The van der Waals surface area contributed by atoms with Crippen molar-refractivity contribution < 1.29 is 9.52 Å². The molecule has 0 unspecified atom stereocenters. The Morgan fingerprint density at radius 2 is 2.13 bits per heavy atom. The quantitative estimate of drug-likeness (QED) is 0.704. The van der Waals surface area contributed by atoms with Crippen molar-refractivity contribution in [3.8, 4) is 0 Å². The van der Waals surface area contributed by atoms with Crippen molar-refractivity contribution in [2.75, 3.05) is 19.7 Å². The van der Waals surface area contributed by atoms with E-state index in [0.29, 0.717) is 0 Å². The van der Waals surface area contributed by atoms with Gasteiger partial charge in [0.15, 0.2) is 0 Å². The summed E-state index contributed by atoms with van der Waals surface area (Å²) in [6, 6.07) is 3.99. The number of aryl methyl sites for hydroxylation is 1. The zero-order chi connectivity index (χ0) is 11.3. The maximum atomic E-state index is 9.06. The van der Waals surface area contributed by atoms with Gasteiger partial charge in [-0.1, -0.05) is 13.8 Å². The monoisotopic (exact) mass is 211 g/mol. The molecule has 0 saturated heterocycles. The summed E-state index contributed by atoms with van der Waals surface area (Å²) in [6.07, 6.45) is 0.898. The third kappa shape index (κ3) is 4.49. The third-order valence-electron chi connectivity index (χ3n) is 2.38. The standard InChI is InChI=1S/C12H21NO2/c1-10-4-5-11(15-10)6-7-13-8-12(2,3)9-14/h4-5,13-14H,6-9H2,1-3H3. The zero-order valence-electron chi connectivity index (χ0n) is 9.84. The first kappa shape index (κ1) is 12.3. The van der Waals surface area contributed by atoms with Crippen molar-refractivity contribution in [3.63, 3.8) is 0 Å². The summed E-state index contributed by atoms with van der Waals surface area (Å²) in [7, 11) is 0. The van der Waals surface area contributed by atoms with E-state index in [0.717, 1.165) is 31.0 Å². The van der Waals surface area contributed by atoms with Crippen LogP contribution in [0.2, 0.25) is 0 Å². The summed E-state index contributed by atoms with van der Waals surface area (Å²) in [6.45, 7) is 7.94. The molecule has 0 amide bonds. The van der Waals surface area contributed by atoms with E-state index in [1.807, 2.05) is 32.9 Å². The van der Waals surface area contributed by atoms with Crippen molar-refractivity contribution in [2.45, 2.75) is 27.2 Å². The molecule has 1 heterocycles. The molecule has 0 aliphatic carbocycles. The fourth-order valence-corrected chi connectivity index (χ4v) is 1.31. The van der Waals surface area contributed by atoms with E-state index < -0.39 is 0 Å². The second kappa shape index (κ2) is 5.33. The van der Waals surface area contributed by atoms with Gasteiger partial charge in [0.05, 0.1) is 0 Å². The molecule has 0 radical (unpaired) electrons. The fourth-order valence-electron chi connectivity index (χ4n) is 1.31. The fraction of sp³-hybridized carbons (Fsp3) is 0.667. The van der Waals surface area contributed by atoms with Gasteiger partial charge in [-0.3, -0.25) is 0 Å². The summed E-state index contributed by atoms with van der Waals surface area (Å²) in [5.41, 5.74) is -0.0426. The lowest BCUT2D eigenvalue weighted by Crippen LogP contribution is -2.33. The van der Waals surface area contributed by atoms with Crippen LogP contribution in [0.15, 0.2) is 16.5 Å². The van der Waals surface area contributed by atoms with Gasteiger partial charge in [0.1, 0.15) is 11.5 Å². The Morgan fingerprint density at radius 1 is 1.40 bits per heavy atom. The summed E-state index contributed by atoms with van der Waals surface area (Å²) in [5, 5.41) is 12.4. The van der Waals surface area contributed by atoms with Gasteiger partial charge in [0.25, 0.3) is 0 Å². The van der Waals surface area contributed by atoms with Crippen LogP contribution in [-0.4, -0.2) is 24.8 Å². The van der Waals surface area contributed by atoms with Crippen LogP contribution in [0.1, 0.15) is 25.4 Å². The molecule has 3 heteroatoms. The lowest BCUT2D eigenvalue weighted by atomic mass is 9.95. The Labute approximate surface area is 91.5 Å². The molecule has 0 spiro atoms. The molecular formula is C12H21NO2. The average Bonchev–Trinajstić information content (AvgIpc) is 2.59. The second-order valence-corrected chi connectivity index (χ2v) is 4.76. The first-order valence-corrected chi connectivity index (χ1v) is 5.40. The number of hydrogen-bond acceptors (Lipinski definition) is 3. The molecule has 0 fully saturated rings. The molecule has 1 rings (SSSR count). The molecule has 0 saturated carbocycles. The number of hydrogen-bond donors (Lipinski definition) is 2. The van der Waals surface area contributed by atoms with Crippen LogP contribution in [0.5, 0.6) is 0 Å². The highest BCUT2D eigenvalue weighted by Gasteiger charge is 2.15. The maximum absolute atomic E-state index is 9.06. The van der Waals surface area contributed by atoms with Crippen LogP contribution in [0.25, 0.3) is 0 Å². The minimum Gasteiger partial charge on any atom is -0.466 e. The second-order valence-electron chi connectivity index (χ2n) is 4.76. The van der Waals surface area contributed by atoms with Crippen molar-refractivity contribution in [1.82, 2.24) is 5.32 Å². The first-order valence-electron chi connectivity index (χ1n) is 5.40. The molecule has 86 valence electrons. The molecule has 1 aromatic rings. The summed E-state index contributed by atoms with van der Waals surface area (Å²) in [4.78, 5) is 0. The molecule has 0 aliphatic heterocycles. The van der Waals surface area contributed by atoms with Gasteiger partial charge >= 0.3 is 0 Å². The Balaban J connectivity index is 2.17. The van der Waals surface area contributed by atoms with Gasteiger partial charge in [-0.15, -0.1) is 0 Å².